The summed E-state index contributed by atoms with van der Waals surface area (Å²) in [5, 5.41) is 8.80. The predicted molar refractivity (Wildman–Crippen MR) is 142 cm³/mol. The van der Waals surface area contributed by atoms with E-state index in [0.29, 0.717) is 29.0 Å². The number of anilines is 2. The Morgan fingerprint density at radius 3 is 2.14 bits per heavy atom. The molecule has 0 saturated carbocycles. The Balaban J connectivity index is 1.29. The van der Waals surface area contributed by atoms with E-state index in [1.807, 2.05) is 53.4 Å². The molecule has 0 atom stereocenters. The molecule has 7 heteroatoms. The third kappa shape index (κ3) is 7.18. The van der Waals surface area contributed by atoms with Crippen LogP contribution in [0, 0.1) is 0 Å². The maximum Gasteiger partial charge on any atom is 0.253 e. The number of nitrogens with one attached hydrogen (secondary N) is 3. The second-order valence-corrected chi connectivity index (χ2v) is 8.94. The van der Waals surface area contributed by atoms with Gasteiger partial charge in [-0.2, -0.15) is 0 Å². The number of amides is 3. The molecule has 0 unspecified atom stereocenters. The average Bonchev–Trinajstić information content (AvgIpc) is 3.21. The van der Waals surface area contributed by atoms with Gasteiger partial charge in [0, 0.05) is 42.1 Å². The highest BCUT2D eigenvalue weighted by Crippen LogP contribution is 2.17. The summed E-state index contributed by atoms with van der Waals surface area (Å²) in [5.74, 6) is -0.424. The molecule has 3 aromatic rings. The van der Waals surface area contributed by atoms with E-state index < -0.39 is 0 Å². The predicted octanol–water partition coefficient (Wildman–Crippen LogP) is 4.68. The third-order valence-electron chi connectivity index (χ3n) is 6.16. The first-order valence-corrected chi connectivity index (χ1v) is 12.4. The highest BCUT2D eigenvalue weighted by Gasteiger charge is 2.17. The molecule has 1 heterocycles. The van der Waals surface area contributed by atoms with Crippen molar-refractivity contribution in [3.05, 3.63) is 95.6 Å². The van der Waals surface area contributed by atoms with E-state index in [2.05, 4.69) is 16.0 Å². The number of likely N-dealkylation sites (tertiary alicyclic amines) is 1. The zero-order valence-corrected chi connectivity index (χ0v) is 20.3. The molecule has 36 heavy (non-hydrogen) atoms. The van der Waals surface area contributed by atoms with Crippen molar-refractivity contribution < 1.29 is 14.4 Å². The van der Waals surface area contributed by atoms with Crippen LogP contribution in [0.15, 0.2) is 78.9 Å². The summed E-state index contributed by atoms with van der Waals surface area (Å²) < 4.78 is 0. The zero-order valence-electron chi connectivity index (χ0n) is 20.3. The lowest BCUT2D eigenvalue weighted by Crippen LogP contribution is -2.31. The van der Waals surface area contributed by atoms with Gasteiger partial charge in [-0.25, -0.2) is 0 Å². The van der Waals surface area contributed by atoms with Crippen LogP contribution in [0.25, 0.3) is 0 Å². The van der Waals surface area contributed by atoms with Crippen LogP contribution in [0.1, 0.15) is 52.0 Å². The smallest absolute Gasteiger partial charge is 0.253 e. The Morgan fingerprint density at radius 1 is 0.722 bits per heavy atom. The molecular weight excluding hydrogens is 452 g/mol. The van der Waals surface area contributed by atoms with Crippen molar-refractivity contribution in [2.75, 3.05) is 30.3 Å². The Bertz CT molecular complexity index is 1190. The molecule has 7 nitrogen and oxygen atoms in total. The van der Waals surface area contributed by atoms with Crippen molar-refractivity contribution in [3.63, 3.8) is 0 Å². The number of hydrogen-bond acceptors (Lipinski definition) is 4. The van der Waals surface area contributed by atoms with Gasteiger partial charge in [0.15, 0.2) is 0 Å². The standard InChI is InChI=1S/C29H32N4O3/c34-27(21-30-25-14-9-13-24(19-25)29(36)33-16-6-1-2-7-17-33)32-26-15-8-12-23(18-26)28(35)31-20-22-10-4-3-5-11-22/h3-5,8-15,18-19,30H,1-2,6-7,16-17,20-21H2,(H,31,35)(H,32,34). The van der Waals surface area contributed by atoms with E-state index in [9.17, 15) is 14.4 Å². The number of carbonyl (C=O) groups is 3. The molecule has 0 radical (unpaired) electrons. The third-order valence-corrected chi connectivity index (χ3v) is 6.16. The van der Waals surface area contributed by atoms with Gasteiger partial charge in [0.2, 0.25) is 5.91 Å². The number of nitrogens with zero attached hydrogens (tertiary/aromatic N) is 1. The van der Waals surface area contributed by atoms with Gasteiger partial charge in [0.1, 0.15) is 0 Å². The van der Waals surface area contributed by atoms with Crippen molar-refractivity contribution in [1.29, 1.82) is 0 Å². The molecule has 1 aliphatic heterocycles. The first-order valence-electron chi connectivity index (χ1n) is 12.4. The fourth-order valence-corrected chi connectivity index (χ4v) is 4.22. The minimum absolute atomic E-state index is 0.0335. The maximum absolute atomic E-state index is 12.9. The van der Waals surface area contributed by atoms with Crippen molar-refractivity contribution in [1.82, 2.24) is 10.2 Å². The lowest BCUT2D eigenvalue weighted by atomic mass is 10.1. The van der Waals surface area contributed by atoms with Gasteiger partial charge in [-0.15, -0.1) is 0 Å². The van der Waals surface area contributed by atoms with Gasteiger partial charge >= 0.3 is 0 Å². The number of benzene rings is 3. The van der Waals surface area contributed by atoms with Gasteiger partial charge in [0.05, 0.1) is 6.54 Å². The van der Waals surface area contributed by atoms with Crippen molar-refractivity contribution in [2.24, 2.45) is 0 Å². The first kappa shape index (κ1) is 25.0. The number of carbonyl (C=O) groups excluding carboxylic acids is 3. The van der Waals surface area contributed by atoms with Crippen LogP contribution >= 0.6 is 0 Å². The number of hydrogen-bond donors (Lipinski definition) is 3. The molecule has 1 saturated heterocycles. The van der Waals surface area contributed by atoms with Crippen LogP contribution in [-0.4, -0.2) is 42.3 Å². The van der Waals surface area contributed by atoms with Gasteiger partial charge in [-0.1, -0.05) is 55.3 Å². The van der Waals surface area contributed by atoms with Gasteiger partial charge in [-0.3, -0.25) is 14.4 Å². The molecule has 0 aromatic heterocycles. The van der Waals surface area contributed by atoms with E-state index in [0.717, 1.165) is 31.5 Å². The molecule has 0 spiro atoms. The van der Waals surface area contributed by atoms with Gasteiger partial charge in [-0.05, 0) is 54.8 Å². The molecule has 3 N–H and O–H groups in total. The Hall–Kier alpha value is -4.13. The molecule has 1 aliphatic rings. The molecule has 3 amide bonds. The Kier molecular flexibility index (Phi) is 8.70. The highest BCUT2D eigenvalue weighted by molar-refractivity contribution is 5.98. The Labute approximate surface area is 211 Å². The van der Waals surface area contributed by atoms with Crippen molar-refractivity contribution in [3.8, 4) is 0 Å². The van der Waals surface area contributed by atoms with Gasteiger partial charge < -0.3 is 20.9 Å². The summed E-state index contributed by atoms with van der Waals surface area (Å²) in [6.07, 6.45) is 4.42. The quantitative estimate of drug-likeness (QED) is 0.433. The first-order chi connectivity index (χ1) is 17.6. The lowest BCUT2D eigenvalue weighted by molar-refractivity contribution is -0.114. The van der Waals surface area contributed by atoms with E-state index in [-0.39, 0.29) is 24.3 Å². The van der Waals surface area contributed by atoms with E-state index in [1.165, 1.54) is 12.8 Å². The van der Waals surface area contributed by atoms with Crippen LogP contribution in [0.5, 0.6) is 0 Å². The summed E-state index contributed by atoms with van der Waals surface area (Å²) in [6.45, 7) is 2.05. The summed E-state index contributed by atoms with van der Waals surface area (Å²) in [7, 11) is 0. The SMILES string of the molecule is O=C(CNc1cccc(C(=O)N2CCCCCC2)c1)Nc1cccc(C(=O)NCc2ccccc2)c1. The van der Waals surface area contributed by atoms with Gasteiger partial charge in [0.25, 0.3) is 11.8 Å². The van der Waals surface area contributed by atoms with Crippen LogP contribution in [0.2, 0.25) is 0 Å². The average molecular weight is 485 g/mol. The van der Waals surface area contributed by atoms with Crippen LogP contribution in [0.4, 0.5) is 11.4 Å². The monoisotopic (exact) mass is 484 g/mol. The summed E-state index contributed by atoms with van der Waals surface area (Å²) in [6, 6.07) is 23.8. The van der Waals surface area contributed by atoms with Crippen molar-refractivity contribution in [2.45, 2.75) is 32.2 Å². The lowest BCUT2D eigenvalue weighted by Gasteiger charge is -2.20. The normalized spacial score (nSPS) is 13.4. The van der Waals surface area contributed by atoms with E-state index >= 15 is 0 Å². The van der Waals surface area contributed by atoms with Crippen LogP contribution in [0.3, 0.4) is 0 Å². The van der Waals surface area contributed by atoms with E-state index in [1.54, 1.807) is 30.3 Å². The highest BCUT2D eigenvalue weighted by atomic mass is 16.2. The van der Waals surface area contributed by atoms with Crippen LogP contribution in [-0.2, 0) is 11.3 Å². The maximum atomic E-state index is 12.9. The Morgan fingerprint density at radius 2 is 1.39 bits per heavy atom. The summed E-state index contributed by atoms with van der Waals surface area (Å²) in [5.41, 5.74) is 3.35. The molecule has 3 aromatic carbocycles. The molecule has 0 aliphatic carbocycles. The largest absolute Gasteiger partial charge is 0.376 e. The molecular formula is C29H32N4O3. The van der Waals surface area contributed by atoms with Crippen molar-refractivity contribution >= 4 is 29.1 Å². The summed E-state index contributed by atoms with van der Waals surface area (Å²) >= 11 is 0. The minimum Gasteiger partial charge on any atom is -0.376 e. The molecule has 1 fully saturated rings. The number of rotatable bonds is 8. The van der Waals surface area contributed by atoms with Crippen LogP contribution < -0.4 is 16.0 Å². The minimum atomic E-state index is -0.249. The molecule has 0 bridgehead atoms. The fraction of sp³-hybridized carbons (Fsp3) is 0.276. The van der Waals surface area contributed by atoms with E-state index in [4.69, 9.17) is 0 Å². The fourth-order valence-electron chi connectivity index (χ4n) is 4.22. The topological polar surface area (TPSA) is 90.5 Å². The summed E-state index contributed by atoms with van der Waals surface area (Å²) in [4.78, 5) is 39.9. The molecule has 186 valence electrons. The molecule has 4 rings (SSSR count). The second kappa shape index (κ2) is 12.5. The zero-order chi connectivity index (χ0) is 25.2. The second-order valence-electron chi connectivity index (χ2n) is 8.94.